The first kappa shape index (κ1) is 13.4. The zero-order valence-electron chi connectivity index (χ0n) is 11.8. The Bertz CT molecular complexity index is 644. The quantitative estimate of drug-likeness (QED) is 0.771. The number of aryl methyl sites for hydroxylation is 1. The van der Waals surface area contributed by atoms with Gasteiger partial charge in [0.25, 0.3) is 0 Å². The predicted octanol–water partition coefficient (Wildman–Crippen LogP) is 4.99. The van der Waals surface area contributed by atoms with E-state index in [2.05, 4.69) is 24.3 Å². The molecule has 0 saturated carbocycles. The third-order valence-electron chi connectivity index (χ3n) is 3.93. The fraction of sp³-hybridized carbons (Fsp3) is 0.278. The number of hydrogen-bond acceptors (Lipinski definition) is 2. The van der Waals surface area contributed by atoms with Gasteiger partial charge in [-0.05, 0) is 48.7 Å². The molecule has 0 unspecified atom stereocenters. The Morgan fingerprint density at radius 1 is 1.00 bits per heavy atom. The van der Waals surface area contributed by atoms with E-state index in [1.54, 1.807) is 11.8 Å². The third-order valence-corrected chi connectivity index (χ3v) is 4.93. The van der Waals surface area contributed by atoms with Crippen molar-refractivity contribution in [3.05, 3.63) is 59.7 Å². The summed E-state index contributed by atoms with van der Waals surface area (Å²) in [5.41, 5.74) is 1.91. The first-order valence-electron chi connectivity index (χ1n) is 6.97. The summed E-state index contributed by atoms with van der Waals surface area (Å²) >= 11 is 1.75. The van der Waals surface area contributed by atoms with Crippen LogP contribution in [0.3, 0.4) is 0 Å². The van der Waals surface area contributed by atoms with Gasteiger partial charge in [-0.25, -0.2) is 0 Å². The number of benzene rings is 2. The first-order chi connectivity index (χ1) is 9.56. The van der Waals surface area contributed by atoms with Crippen molar-refractivity contribution in [2.24, 2.45) is 5.41 Å². The van der Waals surface area contributed by atoms with E-state index in [9.17, 15) is 4.79 Å². The van der Waals surface area contributed by atoms with Crippen LogP contribution in [0.5, 0.6) is 0 Å². The number of ketones is 1. The number of carbonyl (C=O) groups is 1. The number of carbonyl (C=O) groups excluding carboxylic acids is 1. The van der Waals surface area contributed by atoms with Crippen molar-refractivity contribution in [3.63, 3.8) is 0 Å². The molecule has 0 amide bonds. The minimum atomic E-state index is -0.207. The van der Waals surface area contributed by atoms with Crippen LogP contribution in [-0.4, -0.2) is 5.78 Å². The Labute approximate surface area is 124 Å². The zero-order valence-corrected chi connectivity index (χ0v) is 12.7. The van der Waals surface area contributed by atoms with E-state index in [0.717, 1.165) is 18.4 Å². The van der Waals surface area contributed by atoms with Gasteiger partial charge in [0, 0.05) is 20.8 Å². The summed E-state index contributed by atoms with van der Waals surface area (Å²) in [4.78, 5) is 14.8. The highest BCUT2D eigenvalue weighted by Crippen LogP contribution is 2.37. The topological polar surface area (TPSA) is 17.1 Å². The average molecular weight is 282 g/mol. The van der Waals surface area contributed by atoms with E-state index in [4.69, 9.17) is 0 Å². The van der Waals surface area contributed by atoms with Crippen LogP contribution in [-0.2, 0) is 6.42 Å². The molecule has 102 valence electrons. The number of fused-ring (bicyclic) bond motifs is 1. The molecule has 0 radical (unpaired) electrons. The minimum absolute atomic E-state index is 0.207. The van der Waals surface area contributed by atoms with E-state index in [1.807, 2.05) is 38.1 Å². The van der Waals surface area contributed by atoms with Crippen molar-refractivity contribution < 1.29 is 4.79 Å². The molecule has 2 aromatic rings. The molecule has 20 heavy (non-hydrogen) atoms. The van der Waals surface area contributed by atoms with Crippen LogP contribution in [0.4, 0.5) is 0 Å². The number of hydrogen-bond donors (Lipinski definition) is 0. The second-order valence-electron chi connectivity index (χ2n) is 5.95. The fourth-order valence-corrected chi connectivity index (χ4v) is 3.51. The highest BCUT2D eigenvalue weighted by molar-refractivity contribution is 7.99. The van der Waals surface area contributed by atoms with Gasteiger partial charge < -0.3 is 0 Å². The molecule has 0 saturated heterocycles. The van der Waals surface area contributed by atoms with Crippen LogP contribution >= 0.6 is 11.8 Å². The van der Waals surface area contributed by atoms with Crippen molar-refractivity contribution in [3.8, 4) is 0 Å². The minimum Gasteiger partial charge on any atom is -0.294 e. The lowest BCUT2D eigenvalue weighted by Crippen LogP contribution is -2.30. The molecular formula is C18H18OS. The Balaban J connectivity index is 1.89. The van der Waals surface area contributed by atoms with Crippen LogP contribution < -0.4 is 0 Å². The third kappa shape index (κ3) is 2.53. The zero-order chi connectivity index (χ0) is 14.2. The first-order valence-corrected chi connectivity index (χ1v) is 7.78. The predicted molar refractivity (Wildman–Crippen MR) is 83.4 cm³/mol. The van der Waals surface area contributed by atoms with Gasteiger partial charge in [0.2, 0.25) is 0 Å². The van der Waals surface area contributed by atoms with E-state index < -0.39 is 0 Å². The molecule has 0 spiro atoms. The SMILES string of the molecule is CC1(C)CCc2cc(Sc3ccccc3)ccc2C1=O. The summed E-state index contributed by atoms with van der Waals surface area (Å²) in [5.74, 6) is 0.287. The lowest BCUT2D eigenvalue weighted by Gasteiger charge is -2.29. The summed E-state index contributed by atoms with van der Waals surface area (Å²) in [6.45, 7) is 4.09. The molecular weight excluding hydrogens is 264 g/mol. The molecule has 1 nitrogen and oxygen atoms in total. The van der Waals surface area contributed by atoms with Gasteiger partial charge in [0.05, 0.1) is 0 Å². The van der Waals surface area contributed by atoms with Gasteiger partial charge in [-0.1, -0.05) is 43.8 Å². The lowest BCUT2D eigenvalue weighted by atomic mass is 9.73. The van der Waals surface area contributed by atoms with Crippen LogP contribution in [0.15, 0.2) is 58.3 Å². The Kier molecular flexibility index (Phi) is 3.43. The summed E-state index contributed by atoms with van der Waals surface area (Å²) in [5, 5.41) is 0. The van der Waals surface area contributed by atoms with E-state index in [0.29, 0.717) is 0 Å². The largest absolute Gasteiger partial charge is 0.294 e. The van der Waals surface area contributed by atoms with Crippen molar-refractivity contribution in [2.75, 3.05) is 0 Å². The lowest BCUT2D eigenvalue weighted by molar-refractivity contribution is 0.0811. The molecule has 0 atom stereocenters. The maximum atomic E-state index is 12.4. The van der Waals surface area contributed by atoms with Crippen molar-refractivity contribution in [1.82, 2.24) is 0 Å². The maximum Gasteiger partial charge on any atom is 0.168 e. The van der Waals surface area contributed by atoms with E-state index >= 15 is 0 Å². The monoisotopic (exact) mass is 282 g/mol. The van der Waals surface area contributed by atoms with Crippen LogP contribution in [0.1, 0.15) is 36.2 Å². The summed E-state index contributed by atoms with van der Waals surface area (Å²) in [6, 6.07) is 16.6. The number of rotatable bonds is 2. The van der Waals surface area contributed by atoms with Gasteiger partial charge in [0.15, 0.2) is 5.78 Å². The molecule has 2 heteroatoms. The molecule has 0 bridgehead atoms. The molecule has 1 aliphatic carbocycles. The normalized spacial score (nSPS) is 16.8. The van der Waals surface area contributed by atoms with Crippen LogP contribution in [0, 0.1) is 5.41 Å². The molecule has 2 aromatic carbocycles. The molecule has 0 heterocycles. The van der Waals surface area contributed by atoms with Crippen molar-refractivity contribution in [1.29, 1.82) is 0 Å². The molecule has 0 aromatic heterocycles. The van der Waals surface area contributed by atoms with Gasteiger partial charge in [-0.2, -0.15) is 0 Å². The Morgan fingerprint density at radius 3 is 2.50 bits per heavy atom. The van der Waals surface area contributed by atoms with Gasteiger partial charge in [-0.15, -0.1) is 0 Å². The van der Waals surface area contributed by atoms with Crippen LogP contribution in [0.25, 0.3) is 0 Å². The van der Waals surface area contributed by atoms with Crippen LogP contribution in [0.2, 0.25) is 0 Å². The standard InChI is InChI=1S/C18H18OS/c1-18(2)11-10-13-12-15(8-9-16(13)17(18)19)20-14-6-4-3-5-7-14/h3-9,12H,10-11H2,1-2H3. The van der Waals surface area contributed by atoms with Crippen molar-refractivity contribution in [2.45, 2.75) is 36.5 Å². The number of Topliss-reactive ketones (excluding diaryl/α,β-unsaturated/α-hetero) is 1. The highest BCUT2D eigenvalue weighted by Gasteiger charge is 2.33. The molecule has 0 N–H and O–H groups in total. The van der Waals surface area contributed by atoms with Gasteiger partial charge in [-0.3, -0.25) is 4.79 Å². The smallest absolute Gasteiger partial charge is 0.168 e. The van der Waals surface area contributed by atoms with E-state index in [-0.39, 0.29) is 11.2 Å². The summed E-state index contributed by atoms with van der Waals surface area (Å²) in [7, 11) is 0. The maximum absolute atomic E-state index is 12.4. The fourth-order valence-electron chi connectivity index (χ4n) is 2.61. The highest BCUT2D eigenvalue weighted by atomic mass is 32.2. The molecule has 0 fully saturated rings. The summed E-state index contributed by atoms with van der Waals surface area (Å²) < 4.78 is 0. The molecule has 3 rings (SSSR count). The Hall–Kier alpha value is -1.54. The Morgan fingerprint density at radius 2 is 1.75 bits per heavy atom. The van der Waals surface area contributed by atoms with E-state index in [1.165, 1.54) is 15.4 Å². The van der Waals surface area contributed by atoms with Gasteiger partial charge >= 0.3 is 0 Å². The second-order valence-corrected chi connectivity index (χ2v) is 7.09. The summed E-state index contributed by atoms with van der Waals surface area (Å²) in [6.07, 6.45) is 1.94. The molecule has 0 aliphatic heterocycles. The van der Waals surface area contributed by atoms with Gasteiger partial charge in [0.1, 0.15) is 0 Å². The molecule has 1 aliphatic rings. The average Bonchev–Trinajstić information content (AvgIpc) is 2.45. The second kappa shape index (κ2) is 5.10. The van der Waals surface area contributed by atoms with Crippen molar-refractivity contribution >= 4 is 17.5 Å².